The van der Waals surface area contributed by atoms with E-state index in [-0.39, 0.29) is 3.48 Å². The molecule has 1 aliphatic rings. The Bertz CT molecular complexity index is 289. The molecule has 0 aliphatic carbocycles. The van der Waals surface area contributed by atoms with E-state index < -0.39 is 29.0 Å². The molecule has 5 heteroatoms. The fourth-order valence-electron chi connectivity index (χ4n) is 3.19. The number of hydrogen-bond acceptors (Lipinski definition) is 3. The zero-order valence-electron chi connectivity index (χ0n) is 13.3. The molecule has 0 radical (unpaired) electrons. The molecule has 1 fully saturated rings. The van der Waals surface area contributed by atoms with Gasteiger partial charge in [-0.05, 0) is 0 Å². The van der Waals surface area contributed by atoms with Crippen LogP contribution in [0.25, 0.3) is 0 Å². The van der Waals surface area contributed by atoms with E-state index in [0.29, 0.717) is 0 Å². The molecule has 116 valence electrons. The number of carbonyl (C=O) groups excluding carboxylic acids is 1. The average molecular weight is 386 g/mol. The summed E-state index contributed by atoms with van der Waals surface area (Å²) >= 11 is -1.18. The molecule has 0 aromatic carbocycles. The molecule has 1 amide bonds. The van der Waals surface area contributed by atoms with Crippen molar-refractivity contribution < 1.29 is 9.53 Å². The Morgan fingerprint density at radius 1 is 1.25 bits per heavy atom. The Hall–Kier alpha value is 0.100. The van der Waals surface area contributed by atoms with Crippen LogP contribution in [-0.2, 0) is 4.74 Å². The van der Waals surface area contributed by atoms with Crippen LogP contribution in [-0.4, -0.2) is 51.0 Å². The summed E-state index contributed by atoms with van der Waals surface area (Å²) in [6, 6.07) is 0. The van der Waals surface area contributed by atoms with E-state index in [1.54, 1.807) is 0 Å². The number of unbranched alkanes of at least 4 members (excludes halogenated alkanes) is 5. The number of amides is 1. The van der Waals surface area contributed by atoms with E-state index in [1.807, 2.05) is 0 Å². The second-order valence-corrected chi connectivity index (χ2v) is 12.7. The minimum absolute atomic E-state index is 0.227. The number of likely N-dealkylation sites (tertiary alicyclic amines) is 1. The van der Waals surface area contributed by atoms with Gasteiger partial charge in [0.25, 0.3) is 0 Å². The Morgan fingerprint density at radius 3 is 2.60 bits per heavy atom. The molecule has 1 saturated heterocycles. The number of carbonyl (C=O) groups is 1. The van der Waals surface area contributed by atoms with Gasteiger partial charge in [0.05, 0.1) is 0 Å². The van der Waals surface area contributed by atoms with Gasteiger partial charge >= 0.3 is 135 Å². The van der Waals surface area contributed by atoms with Crippen molar-refractivity contribution in [2.45, 2.75) is 72.4 Å². The third-order valence-corrected chi connectivity index (χ3v) is 12.1. The molecular formula is C15H31InN2O2. The topological polar surface area (TPSA) is 55.6 Å². The first-order chi connectivity index (χ1) is 9.60. The second kappa shape index (κ2) is 9.93. The van der Waals surface area contributed by atoms with Crippen LogP contribution in [0, 0.1) is 0 Å². The van der Waals surface area contributed by atoms with E-state index >= 15 is 0 Å². The average Bonchev–Trinajstić information content (AvgIpc) is 2.40. The Balaban J connectivity index is 2.32. The van der Waals surface area contributed by atoms with Crippen LogP contribution in [0.3, 0.4) is 0 Å². The van der Waals surface area contributed by atoms with Crippen molar-refractivity contribution in [3.63, 3.8) is 0 Å². The maximum absolute atomic E-state index is 11.2. The van der Waals surface area contributed by atoms with Gasteiger partial charge in [0.1, 0.15) is 0 Å². The first kappa shape index (κ1) is 18.1. The molecule has 0 spiro atoms. The fourth-order valence-corrected chi connectivity index (χ4v) is 10.2. The number of primary amides is 1. The molecule has 1 aliphatic heterocycles. The van der Waals surface area contributed by atoms with Gasteiger partial charge in [-0.2, -0.15) is 0 Å². The van der Waals surface area contributed by atoms with E-state index in [4.69, 9.17) is 10.5 Å². The van der Waals surface area contributed by atoms with E-state index in [9.17, 15) is 4.79 Å². The molecule has 4 nitrogen and oxygen atoms in total. The van der Waals surface area contributed by atoms with Crippen molar-refractivity contribution in [3.05, 3.63) is 0 Å². The first-order valence-corrected chi connectivity index (χ1v) is 13.2. The second-order valence-electron chi connectivity index (χ2n) is 6.12. The third kappa shape index (κ3) is 6.25. The van der Waals surface area contributed by atoms with Crippen molar-refractivity contribution in [1.29, 1.82) is 0 Å². The predicted molar refractivity (Wildman–Crippen MR) is 85.2 cm³/mol. The molecule has 1 rings (SSSR count). The molecule has 2 N–H and O–H groups in total. The van der Waals surface area contributed by atoms with Crippen molar-refractivity contribution in [3.8, 4) is 0 Å². The van der Waals surface area contributed by atoms with Crippen molar-refractivity contribution in [2.75, 3.05) is 13.6 Å². The van der Waals surface area contributed by atoms with Crippen LogP contribution in [0.15, 0.2) is 0 Å². The van der Waals surface area contributed by atoms with Gasteiger partial charge in [-0.3, -0.25) is 0 Å². The molecule has 0 bridgehead atoms. The van der Waals surface area contributed by atoms with Gasteiger partial charge in [-0.15, -0.1) is 0 Å². The predicted octanol–water partition coefficient (Wildman–Crippen LogP) is 3.07. The van der Waals surface area contributed by atoms with Crippen LogP contribution in [0.1, 0.15) is 64.7 Å². The number of nitrogens with zero attached hydrogens (tertiary/aromatic N) is 1. The summed E-state index contributed by atoms with van der Waals surface area (Å²) in [6.07, 6.45) is 10.9. The molecule has 0 saturated carbocycles. The van der Waals surface area contributed by atoms with E-state index in [1.165, 1.54) is 55.5 Å². The van der Waals surface area contributed by atoms with Crippen molar-refractivity contribution >= 4 is 29.0 Å². The van der Waals surface area contributed by atoms with Crippen LogP contribution in [0.4, 0.5) is 4.79 Å². The number of piperidine rings is 1. The molecule has 0 aromatic heterocycles. The van der Waals surface area contributed by atoms with E-state index in [0.717, 1.165) is 13.0 Å². The molecule has 1 atom stereocenters. The summed E-state index contributed by atoms with van der Waals surface area (Å²) in [7, 11) is 2.10. The van der Waals surface area contributed by atoms with Crippen LogP contribution >= 0.6 is 0 Å². The maximum atomic E-state index is 11.2. The van der Waals surface area contributed by atoms with Crippen LogP contribution in [0.2, 0.25) is 4.18 Å². The molecular weight excluding hydrogens is 355 g/mol. The molecule has 20 heavy (non-hydrogen) atoms. The number of hydrogen-bond donors (Lipinski definition) is 1. The van der Waals surface area contributed by atoms with Gasteiger partial charge < -0.3 is 0 Å². The number of ether oxygens (including phenoxy) is 1. The Kier molecular flexibility index (Phi) is 9.01. The van der Waals surface area contributed by atoms with Crippen LogP contribution < -0.4 is 5.73 Å². The van der Waals surface area contributed by atoms with Gasteiger partial charge in [-0.1, -0.05) is 0 Å². The number of rotatable bonds is 9. The normalized spacial score (nSPS) is 23.5. The zero-order chi connectivity index (χ0) is 14.8. The zero-order valence-corrected chi connectivity index (χ0v) is 17.4. The Morgan fingerprint density at radius 2 is 1.95 bits per heavy atom. The molecule has 1 heterocycles. The van der Waals surface area contributed by atoms with Crippen molar-refractivity contribution in [2.24, 2.45) is 5.73 Å². The van der Waals surface area contributed by atoms with Gasteiger partial charge in [-0.25, -0.2) is 0 Å². The summed E-state index contributed by atoms with van der Waals surface area (Å²) in [5.41, 5.74) is 5.30. The summed E-state index contributed by atoms with van der Waals surface area (Å²) in [6.45, 7) is 3.29. The Labute approximate surface area is 135 Å². The summed E-state index contributed by atoms with van der Waals surface area (Å²) < 4.78 is 6.69. The molecule has 1 unspecified atom stereocenters. The van der Waals surface area contributed by atoms with Gasteiger partial charge in [0.15, 0.2) is 0 Å². The first-order valence-electron chi connectivity index (χ1n) is 8.30. The van der Waals surface area contributed by atoms with Gasteiger partial charge in [0, 0.05) is 0 Å². The van der Waals surface area contributed by atoms with Crippen molar-refractivity contribution in [1.82, 2.24) is 4.90 Å². The number of nitrogens with two attached hydrogens (primary N) is 1. The summed E-state index contributed by atoms with van der Waals surface area (Å²) in [5, 5.41) is 0. The summed E-state index contributed by atoms with van der Waals surface area (Å²) in [5.74, 6) is 0. The third-order valence-electron chi connectivity index (χ3n) is 4.47. The monoisotopic (exact) mass is 386 g/mol. The van der Waals surface area contributed by atoms with E-state index in [2.05, 4.69) is 18.9 Å². The quantitative estimate of drug-likeness (QED) is 0.620. The standard InChI is InChI=1S/C8H17.C7H13N2O2.In.H/c1-3-5-7-8-6-4-2;1-9-5-3-2-4-6(9)11-7(8)10;;/h1,3-8H2,2H3;2-5H2,1H3,(H2,8,10);;. The fraction of sp³-hybridized carbons (Fsp3) is 0.933. The SMILES string of the molecule is CCCCCCC[CH2][InH][C]1(OC(N)=O)CCCCN1C. The summed E-state index contributed by atoms with van der Waals surface area (Å²) in [4.78, 5) is 13.5. The van der Waals surface area contributed by atoms with Gasteiger partial charge in [0.2, 0.25) is 0 Å². The minimum atomic E-state index is -1.18. The van der Waals surface area contributed by atoms with Crippen LogP contribution in [0.5, 0.6) is 0 Å². The molecule has 0 aromatic rings.